The molecule has 4 aliphatic carbocycles. The Balaban J connectivity index is 1.13. The molecule has 0 aromatic carbocycles. The lowest BCUT2D eigenvalue weighted by Crippen LogP contribution is -2.71. The standard InChI is InChI=1S/C40H70O14/c1-19(2)25(52-36-31(45)21(16-41)27(17-42)54-36)9-8-20(3)22-14-23(43)35-38(22,4)13-11-29-39(5)12-10-26(32(46)30(39)24(44)15-40(29,35)48)53-37-34(50-7)33(47)28(49-6)18-51-37/h19-37,41-48H,8-18H2,1-7H3. The molecule has 0 aromatic heterocycles. The SMILES string of the molecule is COC1COC(OC2CCC3(C)C(C(O)CC4(O)C3CCC3(C)C(C(C)CCC(OC5OC(CO)C(CO)C5O)C(C)C)CC(O)C34)C2O)C(OC)C1O. The van der Waals surface area contributed by atoms with Crippen molar-refractivity contribution in [3.63, 3.8) is 0 Å². The van der Waals surface area contributed by atoms with Crippen LogP contribution in [0.3, 0.4) is 0 Å². The van der Waals surface area contributed by atoms with E-state index in [1.165, 1.54) is 14.2 Å². The molecule has 314 valence electrons. The molecule has 0 bridgehead atoms. The van der Waals surface area contributed by atoms with E-state index >= 15 is 0 Å². The lowest BCUT2D eigenvalue weighted by atomic mass is 9.41. The quantitative estimate of drug-likeness (QED) is 0.122. The van der Waals surface area contributed by atoms with Crippen LogP contribution in [0.4, 0.5) is 0 Å². The number of rotatable bonds is 13. The van der Waals surface area contributed by atoms with Gasteiger partial charge in [-0.15, -0.1) is 0 Å². The molecule has 4 saturated carbocycles. The minimum atomic E-state index is -1.34. The highest BCUT2D eigenvalue weighted by atomic mass is 16.7. The van der Waals surface area contributed by atoms with Gasteiger partial charge < -0.3 is 69.3 Å². The third-order valence-electron chi connectivity index (χ3n) is 15.6. The summed E-state index contributed by atoms with van der Waals surface area (Å²) in [4.78, 5) is 0. The molecular formula is C40H70O14. The summed E-state index contributed by atoms with van der Waals surface area (Å²) in [6.07, 6.45) is -5.14. The van der Waals surface area contributed by atoms with E-state index in [0.29, 0.717) is 32.1 Å². The van der Waals surface area contributed by atoms with Crippen LogP contribution in [0, 0.1) is 52.3 Å². The van der Waals surface area contributed by atoms with Crippen molar-refractivity contribution in [3.8, 4) is 0 Å². The highest BCUT2D eigenvalue weighted by molar-refractivity contribution is 5.21. The first kappa shape index (κ1) is 43.0. The predicted octanol–water partition coefficient (Wildman–Crippen LogP) is 0.949. The van der Waals surface area contributed by atoms with Gasteiger partial charge in [0.15, 0.2) is 12.6 Å². The number of hydrogen-bond acceptors (Lipinski definition) is 14. The Morgan fingerprint density at radius 2 is 1.50 bits per heavy atom. The van der Waals surface area contributed by atoms with E-state index in [1.807, 2.05) is 0 Å². The molecule has 14 heteroatoms. The molecule has 0 amide bonds. The van der Waals surface area contributed by atoms with Crippen LogP contribution in [0.15, 0.2) is 0 Å². The second-order valence-corrected chi connectivity index (χ2v) is 18.7. The van der Waals surface area contributed by atoms with E-state index in [4.69, 9.17) is 28.4 Å². The van der Waals surface area contributed by atoms with Gasteiger partial charge in [-0.1, -0.05) is 34.6 Å². The molecule has 2 heterocycles. The van der Waals surface area contributed by atoms with Crippen molar-refractivity contribution in [2.75, 3.05) is 34.0 Å². The molecule has 2 saturated heterocycles. The third-order valence-corrected chi connectivity index (χ3v) is 15.6. The monoisotopic (exact) mass is 774 g/mol. The molecule has 54 heavy (non-hydrogen) atoms. The fraction of sp³-hybridized carbons (Fsp3) is 1.00. The minimum Gasteiger partial charge on any atom is -0.396 e. The Kier molecular flexibility index (Phi) is 13.2. The molecule has 2 aliphatic heterocycles. The first-order chi connectivity index (χ1) is 25.5. The highest BCUT2D eigenvalue weighted by Crippen LogP contribution is 2.70. The summed E-state index contributed by atoms with van der Waals surface area (Å²) in [7, 11) is 2.95. The average Bonchev–Trinajstić information content (AvgIpc) is 3.58. The highest BCUT2D eigenvalue weighted by Gasteiger charge is 2.72. The Morgan fingerprint density at radius 1 is 0.796 bits per heavy atom. The zero-order valence-electron chi connectivity index (χ0n) is 33.3. The minimum absolute atomic E-state index is 0.0472. The largest absolute Gasteiger partial charge is 0.396 e. The van der Waals surface area contributed by atoms with Crippen LogP contribution in [0.5, 0.6) is 0 Å². The van der Waals surface area contributed by atoms with Gasteiger partial charge in [-0.2, -0.15) is 0 Å². The molecular weight excluding hydrogens is 704 g/mol. The fourth-order valence-corrected chi connectivity index (χ4v) is 12.8. The smallest absolute Gasteiger partial charge is 0.186 e. The van der Waals surface area contributed by atoms with Gasteiger partial charge in [-0.05, 0) is 79.4 Å². The van der Waals surface area contributed by atoms with Gasteiger partial charge in [0.25, 0.3) is 0 Å². The van der Waals surface area contributed by atoms with Crippen molar-refractivity contribution < 1.29 is 69.3 Å². The number of methoxy groups -OCH3 is 2. The zero-order valence-corrected chi connectivity index (χ0v) is 33.3. The molecule has 21 atom stereocenters. The van der Waals surface area contributed by atoms with Crippen LogP contribution in [0.25, 0.3) is 0 Å². The van der Waals surface area contributed by atoms with E-state index < -0.39 is 96.3 Å². The van der Waals surface area contributed by atoms with Gasteiger partial charge in [0.05, 0.1) is 62.0 Å². The predicted molar refractivity (Wildman–Crippen MR) is 193 cm³/mol. The van der Waals surface area contributed by atoms with Crippen LogP contribution in [-0.4, -0.2) is 154 Å². The van der Waals surface area contributed by atoms with Gasteiger partial charge in [0.2, 0.25) is 0 Å². The van der Waals surface area contributed by atoms with Crippen molar-refractivity contribution in [3.05, 3.63) is 0 Å². The number of aliphatic hydroxyl groups excluding tert-OH is 7. The summed E-state index contributed by atoms with van der Waals surface area (Å²) in [5.41, 5.74) is -2.34. The molecule has 14 nitrogen and oxygen atoms in total. The van der Waals surface area contributed by atoms with Gasteiger partial charge in [0, 0.05) is 38.4 Å². The normalized spacial score (nSPS) is 51.8. The Labute approximate surface area is 320 Å². The zero-order chi connectivity index (χ0) is 39.5. The third kappa shape index (κ3) is 7.24. The Bertz CT molecular complexity index is 1240. The van der Waals surface area contributed by atoms with E-state index in [0.717, 1.165) is 12.8 Å². The van der Waals surface area contributed by atoms with Crippen LogP contribution in [0.1, 0.15) is 86.0 Å². The first-order valence-corrected chi connectivity index (χ1v) is 20.5. The summed E-state index contributed by atoms with van der Waals surface area (Å²) >= 11 is 0. The Hall–Kier alpha value is -0.560. The summed E-state index contributed by atoms with van der Waals surface area (Å²) in [5, 5.41) is 89.5. The van der Waals surface area contributed by atoms with Gasteiger partial charge in [-0.25, -0.2) is 0 Å². The summed E-state index contributed by atoms with van der Waals surface area (Å²) < 4.78 is 35.1. The van der Waals surface area contributed by atoms with Gasteiger partial charge in [0.1, 0.15) is 24.4 Å². The van der Waals surface area contributed by atoms with Crippen molar-refractivity contribution >= 4 is 0 Å². The second kappa shape index (κ2) is 16.6. The maximum Gasteiger partial charge on any atom is 0.186 e. The second-order valence-electron chi connectivity index (χ2n) is 18.7. The summed E-state index contributed by atoms with van der Waals surface area (Å²) in [5.74, 6) is -1.50. The number of hydrogen-bond donors (Lipinski definition) is 8. The molecule has 6 aliphatic rings. The van der Waals surface area contributed by atoms with E-state index in [1.54, 1.807) is 0 Å². The van der Waals surface area contributed by atoms with E-state index in [-0.39, 0.29) is 61.4 Å². The maximum atomic E-state index is 12.9. The van der Waals surface area contributed by atoms with Crippen molar-refractivity contribution in [2.24, 2.45) is 52.3 Å². The molecule has 0 spiro atoms. The van der Waals surface area contributed by atoms with E-state index in [9.17, 15) is 40.9 Å². The van der Waals surface area contributed by atoms with Crippen LogP contribution in [0.2, 0.25) is 0 Å². The lowest BCUT2D eigenvalue weighted by molar-refractivity contribution is -0.321. The van der Waals surface area contributed by atoms with Gasteiger partial charge >= 0.3 is 0 Å². The van der Waals surface area contributed by atoms with Gasteiger partial charge in [-0.3, -0.25) is 0 Å². The first-order valence-electron chi connectivity index (χ1n) is 20.5. The molecule has 8 N–H and O–H groups in total. The van der Waals surface area contributed by atoms with Crippen molar-refractivity contribution in [1.29, 1.82) is 0 Å². The van der Waals surface area contributed by atoms with Crippen LogP contribution >= 0.6 is 0 Å². The number of aliphatic hydroxyl groups is 8. The summed E-state index contributed by atoms with van der Waals surface area (Å²) in [6.45, 7) is 10.1. The fourth-order valence-electron chi connectivity index (χ4n) is 12.8. The topological polar surface area (TPSA) is 217 Å². The molecule has 0 radical (unpaired) electrons. The number of ether oxygens (including phenoxy) is 6. The van der Waals surface area contributed by atoms with Crippen LogP contribution in [-0.2, 0) is 28.4 Å². The van der Waals surface area contributed by atoms with Crippen LogP contribution < -0.4 is 0 Å². The molecule has 6 rings (SSSR count). The summed E-state index contributed by atoms with van der Waals surface area (Å²) in [6, 6.07) is 0. The molecule has 6 fully saturated rings. The van der Waals surface area contributed by atoms with E-state index in [2.05, 4.69) is 34.6 Å². The molecule has 21 unspecified atom stereocenters. The average molecular weight is 775 g/mol. The molecule has 0 aromatic rings. The van der Waals surface area contributed by atoms with Crippen molar-refractivity contribution in [1.82, 2.24) is 0 Å². The maximum absolute atomic E-state index is 12.9. The Morgan fingerprint density at radius 3 is 2.11 bits per heavy atom. The van der Waals surface area contributed by atoms with Crippen molar-refractivity contribution in [2.45, 2.75) is 165 Å². The number of fused-ring (bicyclic) bond motifs is 5. The lowest BCUT2D eigenvalue weighted by Gasteiger charge is -2.66.